The van der Waals surface area contributed by atoms with Gasteiger partial charge in [0, 0.05) is 24.4 Å². The van der Waals surface area contributed by atoms with E-state index in [4.69, 9.17) is 14.6 Å². The van der Waals surface area contributed by atoms with Gasteiger partial charge < -0.3 is 19.9 Å². The summed E-state index contributed by atoms with van der Waals surface area (Å²) in [7, 11) is 1.35. The summed E-state index contributed by atoms with van der Waals surface area (Å²) in [4.78, 5) is 37.7. The summed E-state index contributed by atoms with van der Waals surface area (Å²) >= 11 is 1.16. The number of hydrogen-bond acceptors (Lipinski definition) is 8. The largest absolute Gasteiger partial charge is 0.493 e. The fourth-order valence-electron chi connectivity index (χ4n) is 2.21. The van der Waals surface area contributed by atoms with Crippen molar-refractivity contribution in [2.24, 2.45) is 0 Å². The van der Waals surface area contributed by atoms with Crippen molar-refractivity contribution in [3.8, 4) is 11.5 Å². The van der Waals surface area contributed by atoms with Gasteiger partial charge in [0.25, 0.3) is 11.6 Å². The van der Waals surface area contributed by atoms with Crippen LogP contribution in [0.1, 0.15) is 32.8 Å². The first-order valence-corrected chi connectivity index (χ1v) is 8.70. The van der Waals surface area contributed by atoms with E-state index < -0.39 is 22.5 Å². The molecular weight excluding hydrogens is 378 g/mol. The van der Waals surface area contributed by atoms with Crippen LogP contribution in [0.4, 0.5) is 5.69 Å². The van der Waals surface area contributed by atoms with Crippen molar-refractivity contribution in [1.29, 1.82) is 0 Å². The van der Waals surface area contributed by atoms with Gasteiger partial charge in [-0.2, -0.15) is 0 Å². The first-order valence-electron chi connectivity index (χ1n) is 7.82. The molecule has 0 fully saturated rings. The summed E-state index contributed by atoms with van der Waals surface area (Å²) in [5, 5.41) is 24.6. The van der Waals surface area contributed by atoms with E-state index >= 15 is 0 Å². The maximum absolute atomic E-state index is 12.4. The molecule has 0 aliphatic heterocycles. The Hall–Kier alpha value is -3.21. The summed E-state index contributed by atoms with van der Waals surface area (Å²) in [6.07, 6.45) is 0.298. The molecule has 0 unspecified atom stereocenters. The number of nitrogens with zero attached hydrogens (tertiary/aromatic N) is 2. The highest BCUT2D eigenvalue weighted by atomic mass is 32.1. The summed E-state index contributed by atoms with van der Waals surface area (Å²) in [6.45, 7) is 2.17. The standard InChI is InChI=1S/C16H17N3O7S/c1-3-26-13-6-9(11(19(23)24)7-12(13)25-2)15(20)17-5-4-14-18-10(8-27-14)16(21)22/h6-8H,3-5H2,1-2H3,(H,17,20)(H,21,22). The predicted octanol–water partition coefficient (Wildman–Crippen LogP) is 2.13. The van der Waals surface area contributed by atoms with Gasteiger partial charge in [0.05, 0.1) is 29.7 Å². The minimum Gasteiger partial charge on any atom is -0.493 e. The minimum atomic E-state index is -1.13. The zero-order chi connectivity index (χ0) is 20.0. The van der Waals surface area contributed by atoms with Crippen molar-refractivity contribution >= 4 is 28.9 Å². The van der Waals surface area contributed by atoms with Gasteiger partial charge >= 0.3 is 5.97 Å². The molecule has 0 radical (unpaired) electrons. The van der Waals surface area contributed by atoms with Gasteiger partial charge in [-0.1, -0.05) is 0 Å². The Morgan fingerprint density at radius 3 is 2.67 bits per heavy atom. The van der Waals surface area contributed by atoms with Crippen LogP contribution < -0.4 is 14.8 Å². The second kappa shape index (κ2) is 8.94. The van der Waals surface area contributed by atoms with Gasteiger partial charge in [-0.15, -0.1) is 11.3 Å². The second-order valence-electron chi connectivity index (χ2n) is 5.15. The molecule has 0 aliphatic rings. The van der Waals surface area contributed by atoms with E-state index in [0.717, 1.165) is 17.4 Å². The zero-order valence-electron chi connectivity index (χ0n) is 14.6. The monoisotopic (exact) mass is 395 g/mol. The Labute approximate surface area is 157 Å². The van der Waals surface area contributed by atoms with Crippen LogP contribution in [-0.2, 0) is 6.42 Å². The van der Waals surface area contributed by atoms with Crippen molar-refractivity contribution in [3.63, 3.8) is 0 Å². The van der Waals surface area contributed by atoms with E-state index in [0.29, 0.717) is 18.0 Å². The van der Waals surface area contributed by atoms with Crippen LogP contribution in [0.2, 0.25) is 0 Å². The minimum absolute atomic E-state index is 0.0616. The summed E-state index contributed by atoms with van der Waals surface area (Å²) in [6, 6.07) is 2.40. The number of aromatic nitrogens is 1. The maximum Gasteiger partial charge on any atom is 0.355 e. The predicted molar refractivity (Wildman–Crippen MR) is 95.9 cm³/mol. The van der Waals surface area contributed by atoms with E-state index in [1.165, 1.54) is 18.6 Å². The normalized spacial score (nSPS) is 10.3. The average Bonchev–Trinajstić information content (AvgIpc) is 3.10. The fraction of sp³-hybridized carbons (Fsp3) is 0.312. The Balaban J connectivity index is 2.14. The number of benzene rings is 1. The van der Waals surface area contributed by atoms with Gasteiger partial charge in [0.2, 0.25) is 0 Å². The fourth-order valence-corrected chi connectivity index (χ4v) is 2.98. The van der Waals surface area contributed by atoms with Gasteiger partial charge in [-0.3, -0.25) is 14.9 Å². The molecule has 0 saturated carbocycles. The first kappa shape index (κ1) is 20.1. The first-order chi connectivity index (χ1) is 12.9. The molecule has 1 heterocycles. The van der Waals surface area contributed by atoms with E-state index in [1.54, 1.807) is 6.92 Å². The Morgan fingerprint density at radius 2 is 2.11 bits per heavy atom. The lowest BCUT2D eigenvalue weighted by Crippen LogP contribution is -2.26. The maximum atomic E-state index is 12.4. The van der Waals surface area contributed by atoms with Crippen LogP contribution in [-0.4, -0.2) is 47.2 Å². The summed E-state index contributed by atoms with van der Waals surface area (Å²) in [5.74, 6) is -1.40. The third-order valence-electron chi connectivity index (χ3n) is 3.42. The third-order valence-corrected chi connectivity index (χ3v) is 4.33. The number of aromatic carboxylic acids is 1. The Bertz CT molecular complexity index is 866. The van der Waals surface area contributed by atoms with Gasteiger partial charge in [-0.25, -0.2) is 9.78 Å². The highest BCUT2D eigenvalue weighted by Gasteiger charge is 2.24. The smallest absolute Gasteiger partial charge is 0.355 e. The van der Waals surface area contributed by atoms with Crippen LogP contribution in [0.5, 0.6) is 11.5 Å². The molecule has 0 saturated heterocycles. The number of thiazole rings is 1. The number of rotatable bonds is 9. The van der Waals surface area contributed by atoms with Crippen molar-refractivity contribution in [3.05, 3.63) is 43.9 Å². The molecule has 0 aliphatic carbocycles. The number of ether oxygens (including phenoxy) is 2. The number of nitro groups is 1. The van der Waals surface area contributed by atoms with Gasteiger partial charge in [0.1, 0.15) is 5.56 Å². The molecule has 0 atom stereocenters. The number of nitrogens with one attached hydrogen (secondary N) is 1. The van der Waals surface area contributed by atoms with E-state index in [1.807, 2.05) is 0 Å². The quantitative estimate of drug-likeness (QED) is 0.486. The molecular formula is C16H17N3O7S. The highest BCUT2D eigenvalue weighted by Crippen LogP contribution is 2.34. The van der Waals surface area contributed by atoms with E-state index in [-0.39, 0.29) is 29.3 Å². The van der Waals surface area contributed by atoms with Crippen molar-refractivity contribution in [2.45, 2.75) is 13.3 Å². The van der Waals surface area contributed by atoms with E-state index in [9.17, 15) is 19.7 Å². The number of nitro benzene ring substituents is 1. The van der Waals surface area contributed by atoms with Crippen LogP contribution in [0.3, 0.4) is 0 Å². The molecule has 11 heteroatoms. The number of carboxylic acids is 1. The van der Waals surface area contributed by atoms with Crippen molar-refractivity contribution in [1.82, 2.24) is 10.3 Å². The molecule has 2 N–H and O–H groups in total. The molecule has 2 rings (SSSR count). The zero-order valence-corrected chi connectivity index (χ0v) is 15.4. The molecule has 27 heavy (non-hydrogen) atoms. The number of carboxylic acid groups (broad SMARTS) is 1. The van der Waals surface area contributed by atoms with Crippen LogP contribution >= 0.6 is 11.3 Å². The molecule has 1 amide bonds. The number of carbonyl (C=O) groups is 2. The topological polar surface area (TPSA) is 141 Å². The molecule has 10 nitrogen and oxygen atoms in total. The third kappa shape index (κ3) is 4.91. The average molecular weight is 395 g/mol. The Morgan fingerprint density at radius 1 is 1.37 bits per heavy atom. The van der Waals surface area contributed by atoms with Gasteiger partial charge in [0.15, 0.2) is 17.2 Å². The summed E-state index contributed by atoms with van der Waals surface area (Å²) in [5.41, 5.74) is -0.627. The molecule has 2 aromatic rings. The van der Waals surface area contributed by atoms with Crippen molar-refractivity contribution < 1.29 is 29.1 Å². The van der Waals surface area contributed by atoms with Crippen LogP contribution in [0.25, 0.3) is 0 Å². The Kier molecular flexibility index (Phi) is 6.66. The number of methoxy groups -OCH3 is 1. The molecule has 1 aromatic carbocycles. The molecule has 1 aromatic heterocycles. The lowest BCUT2D eigenvalue weighted by atomic mass is 10.1. The molecule has 144 valence electrons. The van der Waals surface area contributed by atoms with Crippen LogP contribution in [0.15, 0.2) is 17.5 Å². The summed E-state index contributed by atoms with van der Waals surface area (Å²) < 4.78 is 10.4. The number of hydrogen-bond donors (Lipinski definition) is 2. The van der Waals surface area contributed by atoms with Crippen molar-refractivity contribution in [2.75, 3.05) is 20.3 Å². The lowest BCUT2D eigenvalue weighted by Gasteiger charge is -2.12. The highest BCUT2D eigenvalue weighted by molar-refractivity contribution is 7.09. The van der Waals surface area contributed by atoms with Gasteiger partial charge in [-0.05, 0) is 6.92 Å². The molecule has 0 spiro atoms. The van der Waals surface area contributed by atoms with E-state index in [2.05, 4.69) is 10.3 Å². The number of carbonyl (C=O) groups excluding carboxylic acids is 1. The lowest BCUT2D eigenvalue weighted by molar-refractivity contribution is -0.385. The van der Waals surface area contributed by atoms with Crippen LogP contribution in [0, 0.1) is 10.1 Å². The second-order valence-corrected chi connectivity index (χ2v) is 6.09. The SMILES string of the molecule is CCOc1cc(C(=O)NCCc2nc(C(=O)O)cs2)c([N+](=O)[O-])cc1OC. The molecule has 0 bridgehead atoms. The number of amides is 1.